The average Bonchev–Trinajstić information content (AvgIpc) is 3.06. The fraction of sp³-hybridized carbons (Fsp3) is 0.700. The van der Waals surface area contributed by atoms with Crippen LogP contribution in [0.4, 0.5) is 5.69 Å². The zero-order valence-corrected chi connectivity index (χ0v) is 15.6. The molecule has 0 amide bonds. The predicted molar refractivity (Wildman–Crippen MR) is 100 cm³/mol. The summed E-state index contributed by atoms with van der Waals surface area (Å²) >= 11 is 0. The quantitative estimate of drug-likeness (QED) is 0.820. The molecule has 2 aliphatic rings. The first-order valence-corrected chi connectivity index (χ1v) is 9.56. The van der Waals surface area contributed by atoms with Crippen molar-refractivity contribution in [1.82, 2.24) is 4.90 Å². The first kappa shape index (κ1) is 18.5. The van der Waals surface area contributed by atoms with Crippen LogP contribution in [0.1, 0.15) is 26.2 Å². The average molecular weight is 348 g/mol. The van der Waals surface area contributed by atoms with Gasteiger partial charge in [-0.15, -0.1) is 0 Å². The Labute approximate surface area is 151 Å². The molecule has 5 heteroatoms. The molecule has 1 aliphatic heterocycles. The van der Waals surface area contributed by atoms with Crippen molar-refractivity contribution < 1.29 is 14.6 Å². The third-order valence-electron chi connectivity index (χ3n) is 5.56. The Kier molecular flexibility index (Phi) is 6.57. The van der Waals surface area contributed by atoms with Crippen molar-refractivity contribution in [1.29, 1.82) is 0 Å². The standard InChI is InChI=1S/C20H32N2O3/c1-16-4-3-5-20(16)25-15-18(23)14-21-10-12-22(13-11-21)17-6-8-19(24-2)9-7-17/h6-9,16,18,20,23H,3-5,10-15H2,1-2H3/t16-,18-,20+/m1/s1. The Morgan fingerprint density at radius 1 is 1.12 bits per heavy atom. The molecule has 2 fully saturated rings. The Morgan fingerprint density at radius 2 is 1.84 bits per heavy atom. The van der Waals surface area contributed by atoms with Gasteiger partial charge in [-0.05, 0) is 43.0 Å². The molecule has 1 heterocycles. The molecule has 1 aromatic carbocycles. The molecule has 1 aliphatic carbocycles. The highest BCUT2D eigenvalue weighted by atomic mass is 16.5. The van der Waals surface area contributed by atoms with Crippen LogP contribution in [0.25, 0.3) is 0 Å². The number of benzene rings is 1. The summed E-state index contributed by atoms with van der Waals surface area (Å²) in [7, 11) is 1.69. The lowest BCUT2D eigenvalue weighted by Crippen LogP contribution is -2.49. The third-order valence-corrected chi connectivity index (χ3v) is 5.56. The summed E-state index contributed by atoms with van der Waals surface area (Å²) in [5.74, 6) is 1.53. The van der Waals surface area contributed by atoms with Crippen LogP contribution < -0.4 is 9.64 Å². The highest BCUT2D eigenvalue weighted by Crippen LogP contribution is 2.27. The van der Waals surface area contributed by atoms with Gasteiger partial charge in [0.15, 0.2) is 0 Å². The van der Waals surface area contributed by atoms with Gasteiger partial charge in [-0.3, -0.25) is 4.90 Å². The van der Waals surface area contributed by atoms with Gasteiger partial charge in [-0.1, -0.05) is 13.3 Å². The molecule has 3 atom stereocenters. The second-order valence-electron chi connectivity index (χ2n) is 7.42. The smallest absolute Gasteiger partial charge is 0.119 e. The number of aliphatic hydroxyl groups excluding tert-OH is 1. The van der Waals surface area contributed by atoms with Gasteiger partial charge in [0, 0.05) is 38.4 Å². The number of hydrogen-bond acceptors (Lipinski definition) is 5. The minimum atomic E-state index is -0.389. The minimum Gasteiger partial charge on any atom is -0.497 e. The maximum Gasteiger partial charge on any atom is 0.119 e. The molecular weight excluding hydrogens is 316 g/mol. The number of β-amino-alcohol motifs (C(OH)–C–C–N with tert-alkyl or cyclic N) is 1. The fourth-order valence-electron chi connectivity index (χ4n) is 3.93. The van der Waals surface area contributed by atoms with Crippen molar-refractivity contribution in [3.8, 4) is 5.75 Å². The van der Waals surface area contributed by atoms with Crippen LogP contribution in [-0.4, -0.2) is 68.7 Å². The van der Waals surface area contributed by atoms with Crippen molar-refractivity contribution in [2.75, 3.05) is 51.3 Å². The van der Waals surface area contributed by atoms with Crippen molar-refractivity contribution in [3.05, 3.63) is 24.3 Å². The molecule has 1 N–H and O–H groups in total. The lowest BCUT2D eigenvalue weighted by atomic mass is 10.1. The molecule has 0 aromatic heterocycles. The molecule has 0 radical (unpaired) electrons. The van der Waals surface area contributed by atoms with E-state index < -0.39 is 0 Å². The van der Waals surface area contributed by atoms with E-state index in [1.165, 1.54) is 18.5 Å². The van der Waals surface area contributed by atoms with Gasteiger partial charge < -0.3 is 19.5 Å². The van der Waals surface area contributed by atoms with E-state index >= 15 is 0 Å². The normalized spacial score (nSPS) is 26.0. The summed E-state index contributed by atoms with van der Waals surface area (Å²) in [6.45, 7) is 7.35. The second-order valence-corrected chi connectivity index (χ2v) is 7.42. The second kappa shape index (κ2) is 8.88. The summed E-state index contributed by atoms with van der Waals surface area (Å²) in [4.78, 5) is 4.73. The van der Waals surface area contributed by atoms with Crippen LogP contribution in [0.15, 0.2) is 24.3 Å². The number of aliphatic hydroxyl groups is 1. The zero-order chi connectivity index (χ0) is 17.6. The van der Waals surface area contributed by atoms with E-state index in [0.29, 0.717) is 25.2 Å². The molecule has 0 unspecified atom stereocenters. The lowest BCUT2D eigenvalue weighted by Gasteiger charge is -2.37. The fourth-order valence-corrected chi connectivity index (χ4v) is 3.93. The van der Waals surface area contributed by atoms with E-state index in [2.05, 4.69) is 28.9 Å². The molecule has 5 nitrogen and oxygen atoms in total. The predicted octanol–water partition coefficient (Wildman–Crippen LogP) is 2.38. The molecule has 1 aromatic rings. The first-order valence-electron chi connectivity index (χ1n) is 9.56. The topological polar surface area (TPSA) is 45.2 Å². The number of hydrogen-bond donors (Lipinski definition) is 1. The van der Waals surface area contributed by atoms with Crippen molar-refractivity contribution >= 4 is 5.69 Å². The van der Waals surface area contributed by atoms with E-state index in [-0.39, 0.29) is 6.10 Å². The number of methoxy groups -OCH3 is 1. The van der Waals surface area contributed by atoms with Gasteiger partial charge >= 0.3 is 0 Å². The molecule has 1 saturated carbocycles. The molecule has 0 bridgehead atoms. The summed E-state index contributed by atoms with van der Waals surface area (Å²) < 4.78 is 11.1. The highest BCUT2D eigenvalue weighted by molar-refractivity contribution is 5.49. The maximum absolute atomic E-state index is 10.3. The maximum atomic E-state index is 10.3. The van der Waals surface area contributed by atoms with Gasteiger partial charge in [0.25, 0.3) is 0 Å². The number of piperazine rings is 1. The molecule has 3 rings (SSSR count). The summed E-state index contributed by atoms with van der Waals surface area (Å²) in [5.41, 5.74) is 1.24. The molecular formula is C20H32N2O3. The van der Waals surface area contributed by atoms with Crippen LogP contribution >= 0.6 is 0 Å². The van der Waals surface area contributed by atoms with Crippen LogP contribution in [-0.2, 0) is 4.74 Å². The van der Waals surface area contributed by atoms with Crippen molar-refractivity contribution in [2.45, 2.75) is 38.4 Å². The SMILES string of the molecule is COc1ccc(N2CCN(C[C@@H](O)CO[C@H]3CCC[C@H]3C)CC2)cc1. The van der Waals surface area contributed by atoms with E-state index in [1.807, 2.05) is 12.1 Å². The number of rotatable bonds is 7. The number of anilines is 1. The van der Waals surface area contributed by atoms with Crippen LogP contribution in [0.5, 0.6) is 5.75 Å². The van der Waals surface area contributed by atoms with Crippen molar-refractivity contribution in [3.63, 3.8) is 0 Å². The van der Waals surface area contributed by atoms with Crippen molar-refractivity contribution in [2.24, 2.45) is 5.92 Å². The van der Waals surface area contributed by atoms with E-state index in [1.54, 1.807) is 7.11 Å². The van der Waals surface area contributed by atoms with E-state index in [9.17, 15) is 5.11 Å². The van der Waals surface area contributed by atoms with Gasteiger partial charge in [-0.25, -0.2) is 0 Å². The molecule has 0 spiro atoms. The summed E-state index contributed by atoms with van der Waals surface area (Å²) in [6.07, 6.45) is 3.62. The highest BCUT2D eigenvalue weighted by Gasteiger charge is 2.25. The van der Waals surface area contributed by atoms with Crippen LogP contribution in [0, 0.1) is 5.92 Å². The number of nitrogens with zero attached hydrogens (tertiary/aromatic N) is 2. The Bertz CT molecular complexity index is 514. The Balaban J connectivity index is 1.38. The Hall–Kier alpha value is -1.30. The van der Waals surface area contributed by atoms with E-state index in [0.717, 1.165) is 38.3 Å². The number of ether oxygens (including phenoxy) is 2. The lowest BCUT2D eigenvalue weighted by molar-refractivity contribution is -0.0321. The van der Waals surface area contributed by atoms with Gasteiger partial charge in [-0.2, -0.15) is 0 Å². The Morgan fingerprint density at radius 3 is 2.44 bits per heavy atom. The minimum absolute atomic E-state index is 0.349. The third kappa shape index (κ3) is 5.09. The van der Waals surface area contributed by atoms with Crippen LogP contribution in [0.3, 0.4) is 0 Å². The van der Waals surface area contributed by atoms with E-state index in [4.69, 9.17) is 9.47 Å². The molecule has 1 saturated heterocycles. The monoisotopic (exact) mass is 348 g/mol. The van der Waals surface area contributed by atoms with Gasteiger partial charge in [0.2, 0.25) is 0 Å². The summed E-state index contributed by atoms with van der Waals surface area (Å²) in [5, 5.41) is 10.3. The van der Waals surface area contributed by atoms with Gasteiger partial charge in [0.1, 0.15) is 5.75 Å². The zero-order valence-electron chi connectivity index (χ0n) is 15.6. The largest absolute Gasteiger partial charge is 0.497 e. The van der Waals surface area contributed by atoms with Crippen LogP contribution in [0.2, 0.25) is 0 Å². The molecule has 140 valence electrons. The van der Waals surface area contributed by atoms with Gasteiger partial charge in [0.05, 0.1) is 25.9 Å². The first-order chi connectivity index (χ1) is 12.2. The molecule has 25 heavy (non-hydrogen) atoms. The summed E-state index contributed by atoms with van der Waals surface area (Å²) in [6, 6.07) is 8.24.